The fourth-order valence-corrected chi connectivity index (χ4v) is 8.67. The van der Waals surface area contributed by atoms with Crippen molar-refractivity contribution < 1.29 is 4.74 Å². The quantitative estimate of drug-likeness (QED) is 0.171. The molecule has 3 nitrogen and oxygen atoms in total. The van der Waals surface area contributed by atoms with Crippen molar-refractivity contribution in [3.8, 4) is 44.9 Å². The molecule has 2 aliphatic heterocycles. The van der Waals surface area contributed by atoms with E-state index in [1.807, 2.05) is 0 Å². The molecule has 55 heavy (non-hydrogen) atoms. The summed E-state index contributed by atoms with van der Waals surface area (Å²) in [4.78, 5) is 4.76. The maximum Gasteiger partial charge on any atom is 0.151 e. The highest BCUT2D eigenvalue weighted by molar-refractivity contribution is 5.97. The van der Waals surface area contributed by atoms with Crippen LogP contribution >= 0.6 is 0 Å². The van der Waals surface area contributed by atoms with Crippen molar-refractivity contribution in [2.45, 2.75) is 26.2 Å². The van der Waals surface area contributed by atoms with E-state index in [1.165, 1.54) is 55.8 Å². The van der Waals surface area contributed by atoms with Crippen LogP contribution in [0.4, 0.5) is 34.1 Å². The van der Waals surface area contributed by atoms with Crippen LogP contribution in [-0.4, -0.2) is 0 Å². The van der Waals surface area contributed by atoms with E-state index < -0.39 is 0 Å². The Morgan fingerprint density at radius 2 is 0.927 bits per heavy atom. The van der Waals surface area contributed by atoms with E-state index in [2.05, 4.69) is 219 Å². The molecule has 0 atom stereocenters. The van der Waals surface area contributed by atoms with Gasteiger partial charge < -0.3 is 14.5 Å². The fourth-order valence-electron chi connectivity index (χ4n) is 8.67. The molecule has 0 saturated heterocycles. The van der Waals surface area contributed by atoms with E-state index in [0.717, 1.165) is 39.9 Å². The van der Waals surface area contributed by atoms with Crippen LogP contribution in [0.25, 0.3) is 33.4 Å². The zero-order chi connectivity index (χ0) is 37.1. The van der Waals surface area contributed by atoms with Gasteiger partial charge in [0.25, 0.3) is 0 Å². The lowest BCUT2D eigenvalue weighted by Crippen LogP contribution is -2.33. The average molecular weight is 709 g/mol. The first-order valence-corrected chi connectivity index (χ1v) is 19.0. The Morgan fingerprint density at radius 1 is 0.436 bits per heavy atom. The zero-order valence-corrected chi connectivity index (χ0v) is 31.2. The topological polar surface area (TPSA) is 15.7 Å². The minimum absolute atomic E-state index is 0.252. The summed E-state index contributed by atoms with van der Waals surface area (Å²) in [6.45, 7) is 6.87. The fraction of sp³-hybridized carbons (Fsp3) is 0.0769. The van der Waals surface area contributed by atoms with E-state index in [1.54, 1.807) is 0 Å². The number of rotatable bonds is 6. The van der Waals surface area contributed by atoms with Crippen LogP contribution in [-0.2, 0) is 5.41 Å². The Bertz CT molecular complexity index is 2680. The van der Waals surface area contributed by atoms with Crippen LogP contribution in [0.3, 0.4) is 0 Å². The number of hydrogen-bond acceptors (Lipinski definition) is 3. The first kappa shape index (κ1) is 32.8. The second-order valence-electron chi connectivity index (χ2n) is 15.0. The Hall–Kier alpha value is -6.84. The number of para-hydroxylation sites is 3. The number of nitrogens with zero attached hydrogens (tertiary/aromatic N) is 2. The molecule has 3 heteroatoms. The standard InChI is InChI=1S/C52H40N2O/c1-35-13-10-21-47-50(35)54-46-20-11-18-44(49(46)52(2,3)45-19-12-22-48(55-47)51(45)54)40-25-23-37(24-26-40)39-29-33-43(34-30-39)53(41-16-8-5-9-17-41)42-31-27-38(28-32-42)36-14-6-4-7-15-36/h4-34H,1-3H3. The normalized spacial score (nSPS) is 13.3. The predicted molar refractivity (Wildman–Crippen MR) is 229 cm³/mol. The van der Waals surface area contributed by atoms with Gasteiger partial charge in [-0.25, -0.2) is 0 Å². The Labute approximate surface area is 323 Å². The van der Waals surface area contributed by atoms with E-state index in [-0.39, 0.29) is 5.41 Å². The molecular formula is C52H40N2O. The van der Waals surface area contributed by atoms with Crippen LogP contribution in [0.5, 0.6) is 11.5 Å². The van der Waals surface area contributed by atoms with Gasteiger partial charge in [-0.05, 0) is 112 Å². The predicted octanol–water partition coefficient (Wildman–Crippen LogP) is 14.7. The molecule has 0 unspecified atom stereocenters. The summed E-state index contributed by atoms with van der Waals surface area (Å²) in [5, 5.41) is 0. The molecule has 0 bridgehead atoms. The third-order valence-corrected chi connectivity index (χ3v) is 11.4. The van der Waals surface area contributed by atoms with Crippen molar-refractivity contribution in [1.29, 1.82) is 0 Å². The number of anilines is 6. The number of fused-ring (bicyclic) bond motifs is 4. The minimum atomic E-state index is -0.252. The molecule has 264 valence electrons. The number of benzene rings is 8. The van der Waals surface area contributed by atoms with Gasteiger partial charge >= 0.3 is 0 Å². The molecule has 0 radical (unpaired) electrons. The summed E-state index contributed by atoms with van der Waals surface area (Å²) in [7, 11) is 0. The van der Waals surface area contributed by atoms with Crippen LogP contribution in [0.1, 0.15) is 30.5 Å². The van der Waals surface area contributed by atoms with E-state index in [4.69, 9.17) is 4.74 Å². The molecule has 0 spiro atoms. The van der Waals surface area contributed by atoms with Gasteiger partial charge in [0, 0.05) is 22.5 Å². The van der Waals surface area contributed by atoms with Crippen molar-refractivity contribution in [3.63, 3.8) is 0 Å². The summed E-state index contributed by atoms with van der Waals surface area (Å²) >= 11 is 0. The molecule has 0 aromatic heterocycles. The largest absolute Gasteiger partial charge is 0.453 e. The molecule has 8 aromatic rings. The van der Waals surface area contributed by atoms with Crippen molar-refractivity contribution in [2.75, 3.05) is 9.80 Å². The highest BCUT2D eigenvalue weighted by Crippen LogP contribution is 2.61. The Kier molecular flexibility index (Phi) is 7.71. The van der Waals surface area contributed by atoms with Gasteiger partial charge in [0.1, 0.15) is 0 Å². The molecule has 2 aliphatic rings. The van der Waals surface area contributed by atoms with Gasteiger partial charge in [-0.3, -0.25) is 0 Å². The Balaban J connectivity index is 0.992. The minimum Gasteiger partial charge on any atom is -0.453 e. The molecule has 0 amide bonds. The SMILES string of the molecule is Cc1cccc2c1N1c3cccc(-c4ccc(-c5ccc(N(c6ccccc6)c6ccc(-c7ccccc7)cc6)cc5)cc4)c3C(C)(C)c3cccc(c31)O2. The van der Waals surface area contributed by atoms with Crippen molar-refractivity contribution >= 4 is 34.1 Å². The summed E-state index contributed by atoms with van der Waals surface area (Å²) in [5.74, 6) is 1.80. The van der Waals surface area contributed by atoms with Gasteiger partial charge in [0.15, 0.2) is 11.5 Å². The molecule has 10 rings (SSSR count). The van der Waals surface area contributed by atoms with Gasteiger partial charge in [-0.2, -0.15) is 0 Å². The monoisotopic (exact) mass is 708 g/mol. The van der Waals surface area contributed by atoms with Crippen molar-refractivity contribution in [2.24, 2.45) is 0 Å². The first-order chi connectivity index (χ1) is 27.0. The van der Waals surface area contributed by atoms with Crippen molar-refractivity contribution in [1.82, 2.24) is 0 Å². The third kappa shape index (κ3) is 5.42. The molecule has 0 fully saturated rings. The summed E-state index contributed by atoms with van der Waals surface area (Å²) in [6.07, 6.45) is 0. The van der Waals surface area contributed by atoms with Gasteiger partial charge in [0.05, 0.1) is 17.1 Å². The summed E-state index contributed by atoms with van der Waals surface area (Å²) < 4.78 is 6.52. The smallest absolute Gasteiger partial charge is 0.151 e. The van der Waals surface area contributed by atoms with Crippen LogP contribution in [0.15, 0.2) is 188 Å². The number of hydrogen-bond donors (Lipinski definition) is 0. The molecule has 0 N–H and O–H groups in total. The highest BCUT2D eigenvalue weighted by atomic mass is 16.5. The molecule has 0 saturated carbocycles. The summed E-state index contributed by atoms with van der Waals surface area (Å²) in [5.41, 5.74) is 17.6. The third-order valence-electron chi connectivity index (χ3n) is 11.4. The van der Waals surface area contributed by atoms with E-state index in [0.29, 0.717) is 0 Å². The first-order valence-electron chi connectivity index (χ1n) is 19.0. The summed E-state index contributed by atoms with van der Waals surface area (Å²) in [6, 6.07) is 67.5. The second-order valence-corrected chi connectivity index (χ2v) is 15.0. The maximum absolute atomic E-state index is 6.52. The number of aryl methyl sites for hydroxylation is 1. The van der Waals surface area contributed by atoms with Crippen molar-refractivity contribution in [3.05, 3.63) is 205 Å². The molecule has 2 heterocycles. The van der Waals surface area contributed by atoms with E-state index in [9.17, 15) is 0 Å². The molecule has 8 aromatic carbocycles. The number of ether oxygens (including phenoxy) is 1. The van der Waals surface area contributed by atoms with Gasteiger partial charge in [-0.1, -0.05) is 147 Å². The van der Waals surface area contributed by atoms with Gasteiger partial charge in [-0.15, -0.1) is 0 Å². The van der Waals surface area contributed by atoms with E-state index >= 15 is 0 Å². The lowest BCUT2D eigenvalue weighted by atomic mass is 9.70. The average Bonchev–Trinajstić information content (AvgIpc) is 3.23. The van der Waals surface area contributed by atoms with Crippen LogP contribution in [0.2, 0.25) is 0 Å². The maximum atomic E-state index is 6.52. The second kappa shape index (κ2) is 12.9. The molecular weight excluding hydrogens is 669 g/mol. The highest BCUT2D eigenvalue weighted by Gasteiger charge is 2.43. The lowest BCUT2D eigenvalue weighted by molar-refractivity contribution is 0.471. The molecule has 0 aliphatic carbocycles. The zero-order valence-electron chi connectivity index (χ0n) is 31.2. The Morgan fingerprint density at radius 3 is 1.56 bits per heavy atom. The van der Waals surface area contributed by atoms with Gasteiger partial charge in [0.2, 0.25) is 0 Å². The van der Waals surface area contributed by atoms with Crippen LogP contribution < -0.4 is 14.5 Å². The van der Waals surface area contributed by atoms with Crippen LogP contribution in [0, 0.1) is 6.92 Å². The lowest BCUT2D eigenvalue weighted by Gasteiger charge is -2.46.